The fraction of sp³-hybridized carbons (Fsp3) is 0.200. The predicted octanol–water partition coefficient (Wildman–Crippen LogP) is 2.84. The summed E-state index contributed by atoms with van der Waals surface area (Å²) in [5.74, 6) is 0.353. The molecule has 19 heavy (non-hydrogen) atoms. The third kappa shape index (κ3) is 2.91. The van der Waals surface area contributed by atoms with Gasteiger partial charge in [0.2, 0.25) is 0 Å². The first-order valence-corrected chi connectivity index (χ1v) is 6.09. The van der Waals surface area contributed by atoms with Crippen LogP contribution in [0.5, 0.6) is 0 Å². The van der Waals surface area contributed by atoms with Gasteiger partial charge in [0.1, 0.15) is 5.82 Å². The first-order chi connectivity index (χ1) is 8.97. The molecule has 0 unspecified atom stereocenters. The third-order valence-electron chi connectivity index (χ3n) is 2.99. The van der Waals surface area contributed by atoms with Crippen molar-refractivity contribution in [3.63, 3.8) is 0 Å². The second-order valence-electron chi connectivity index (χ2n) is 4.64. The van der Waals surface area contributed by atoms with Gasteiger partial charge in [-0.3, -0.25) is 4.79 Å². The van der Waals surface area contributed by atoms with Gasteiger partial charge in [0.25, 0.3) is 5.91 Å². The van der Waals surface area contributed by atoms with Gasteiger partial charge >= 0.3 is 0 Å². The Morgan fingerprint density at radius 1 is 1.16 bits per heavy atom. The highest BCUT2D eigenvalue weighted by Gasteiger charge is 2.11. The zero-order valence-electron chi connectivity index (χ0n) is 11.3. The van der Waals surface area contributed by atoms with Crippen LogP contribution < -0.4 is 11.1 Å². The summed E-state index contributed by atoms with van der Waals surface area (Å²) < 4.78 is 0. The summed E-state index contributed by atoms with van der Waals surface area (Å²) in [4.78, 5) is 16.4. The third-order valence-corrected chi connectivity index (χ3v) is 2.99. The molecule has 1 aromatic carbocycles. The van der Waals surface area contributed by atoms with Crippen LogP contribution in [0.1, 0.15) is 27.2 Å². The zero-order chi connectivity index (χ0) is 14.0. The zero-order valence-corrected chi connectivity index (χ0v) is 11.3. The lowest BCUT2D eigenvalue weighted by molar-refractivity contribution is 0.102. The number of carbonyl (C=O) groups excluding carboxylic acids is 1. The lowest BCUT2D eigenvalue weighted by Gasteiger charge is -2.10. The molecule has 98 valence electrons. The fourth-order valence-electron chi connectivity index (χ4n) is 1.91. The summed E-state index contributed by atoms with van der Waals surface area (Å²) >= 11 is 0. The van der Waals surface area contributed by atoms with Crippen LogP contribution >= 0.6 is 0 Å². The number of hydrogen-bond donors (Lipinski definition) is 2. The maximum Gasteiger partial charge on any atom is 0.257 e. The highest BCUT2D eigenvalue weighted by Crippen LogP contribution is 2.19. The Hall–Kier alpha value is -2.36. The van der Waals surface area contributed by atoms with Crippen LogP contribution in [0.3, 0.4) is 0 Å². The molecule has 0 radical (unpaired) electrons. The lowest BCUT2D eigenvalue weighted by atomic mass is 10.0. The van der Waals surface area contributed by atoms with Crippen LogP contribution in [0.2, 0.25) is 0 Å². The summed E-state index contributed by atoms with van der Waals surface area (Å²) in [6.07, 6.45) is 0. The molecule has 0 atom stereocenters. The summed E-state index contributed by atoms with van der Waals surface area (Å²) in [6, 6.07) is 9.11. The van der Waals surface area contributed by atoms with Crippen molar-refractivity contribution in [2.45, 2.75) is 20.8 Å². The Kier molecular flexibility index (Phi) is 3.51. The van der Waals surface area contributed by atoms with Gasteiger partial charge in [-0.15, -0.1) is 0 Å². The number of nitrogens with zero attached hydrogens (tertiary/aromatic N) is 1. The minimum Gasteiger partial charge on any atom is -0.398 e. The molecule has 0 spiro atoms. The number of nitrogens with one attached hydrogen (secondary N) is 1. The van der Waals surface area contributed by atoms with Crippen molar-refractivity contribution in [1.29, 1.82) is 0 Å². The van der Waals surface area contributed by atoms with Crippen molar-refractivity contribution in [1.82, 2.24) is 4.98 Å². The number of nitrogen functional groups attached to an aromatic ring is 1. The van der Waals surface area contributed by atoms with Crippen LogP contribution in [0.15, 0.2) is 30.3 Å². The molecule has 4 heteroatoms. The van der Waals surface area contributed by atoms with E-state index in [0.29, 0.717) is 17.1 Å². The second kappa shape index (κ2) is 5.10. The van der Waals surface area contributed by atoms with E-state index in [1.54, 1.807) is 12.1 Å². The average Bonchev–Trinajstić information content (AvgIpc) is 2.33. The van der Waals surface area contributed by atoms with E-state index in [9.17, 15) is 4.79 Å². The summed E-state index contributed by atoms with van der Waals surface area (Å²) in [5.41, 5.74) is 9.78. The molecule has 0 aliphatic rings. The number of pyridine rings is 1. The molecule has 0 saturated heterocycles. The molecule has 1 amide bonds. The van der Waals surface area contributed by atoms with Gasteiger partial charge in [0, 0.05) is 16.9 Å². The number of anilines is 2. The minimum absolute atomic E-state index is 0.192. The van der Waals surface area contributed by atoms with E-state index < -0.39 is 0 Å². The summed E-state index contributed by atoms with van der Waals surface area (Å²) in [6.45, 7) is 5.70. The van der Waals surface area contributed by atoms with Crippen LogP contribution in [0.4, 0.5) is 11.5 Å². The highest BCUT2D eigenvalue weighted by molar-refractivity contribution is 6.05. The fourth-order valence-corrected chi connectivity index (χ4v) is 1.91. The smallest absolute Gasteiger partial charge is 0.257 e. The normalized spacial score (nSPS) is 10.3. The number of rotatable bonds is 2. The van der Waals surface area contributed by atoms with Crippen LogP contribution in [-0.4, -0.2) is 10.9 Å². The molecule has 0 fully saturated rings. The van der Waals surface area contributed by atoms with E-state index in [1.807, 2.05) is 39.0 Å². The first-order valence-electron chi connectivity index (χ1n) is 6.09. The van der Waals surface area contributed by atoms with Gasteiger partial charge in [-0.05, 0) is 50.1 Å². The number of aromatic nitrogens is 1. The number of benzene rings is 1. The van der Waals surface area contributed by atoms with Gasteiger partial charge in [-0.2, -0.15) is 0 Å². The Balaban J connectivity index is 2.28. The number of carbonyl (C=O) groups is 1. The Labute approximate surface area is 112 Å². The van der Waals surface area contributed by atoms with E-state index >= 15 is 0 Å². The van der Waals surface area contributed by atoms with Crippen LogP contribution in [0, 0.1) is 20.8 Å². The largest absolute Gasteiger partial charge is 0.398 e. The van der Waals surface area contributed by atoms with Gasteiger partial charge in [-0.1, -0.05) is 12.1 Å². The molecule has 4 nitrogen and oxygen atoms in total. The maximum atomic E-state index is 12.2. The average molecular weight is 255 g/mol. The number of hydrogen-bond acceptors (Lipinski definition) is 3. The molecule has 0 bridgehead atoms. The molecule has 3 N–H and O–H groups in total. The number of nitrogens with two attached hydrogens (primary N) is 1. The Bertz CT molecular complexity index is 635. The first kappa shape index (κ1) is 13.1. The second-order valence-corrected chi connectivity index (χ2v) is 4.64. The van der Waals surface area contributed by atoms with Crippen LogP contribution in [-0.2, 0) is 0 Å². The molecular weight excluding hydrogens is 238 g/mol. The van der Waals surface area contributed by atoms with Crippen molar-refractivity contribution < 1.29 is 4.79 Å². The lowest BCUT2D eigenvalue weighted by Crippen LogP contribution is -2.15. The molecule has 0 aliphatic carbocycles. The highest BCUT2D eigenvalue weighted by atomic mass is 16.1. The summed E-state index contributed by atoms with van der Waals surface area (Å²) in [7, 11) is 0. The van der Waals surface area contributed by atoms with Crippen molar-refractivity contribution >= 4 is 17.4 Å². The van der Waals surface area contributed by atoms with Gasteiger partial charge < -0.3 is 11.1 Å². The number of aryl methyl sites for hydroxylation is 3. The monoisotopic (exact) mass is 255 g/mol. The van der Waals surface area contributed by atoms with E-state index in [4.69, 9.17) is 5.73 Å². The Morgan fingerprint density at radius 3 is 2.58 bits per heavy atom. The van der Waals surface area contributed by atoms with E-state index in [-0.39, 0.29) is 5.91 Å². The standard InChI is InChI=1S/C15H17N3O/c1-9-7-10(2)13(16)8-12(9)15(19)18-14-6-4-5-11(3)17-14/h4-8H,16H2,1-3H3,(H,17,18,19). The molecule has 2 aromatic rings. The SMILES string of the molecule is Cc1cccc(NC(=O)c2cc(N)c(C)cc2C)n1. The topological polar surface area (TPSA) is 68.0 Å². The predicted molar refractivity (Wildman–Crippen MR) is 77.3 cm³/mol. The quantitative estimate of drug-likeness (QED) is 0.811. The molecular formula is C15H17N3O. The van der Waals surface area contributed by atoms with Crippen LogP contribution in [0.25, 0.3) is 0 Å². The van der Waals surface area contributed by atoms with Crippen molar-refractivity contribution in [3.05, 3.63) is 52.7 Å². The van der Waals surface area contributed by atoms with E-state index in [1.165, 1.54) is 0 Å². The molecule has 0 saturated carbocycles. The molecule has 1 aromatic heterocycles. The summed E-state index contributed by atoms with van der Waals surface area (Å²) in [5, 5.41) is 2.78. The maximum absolute atomic E-state index is 12.2. The molecule has 0 aliphatic heterocycles. The van der Waals surface area contributed by atoms with Gasteiger partial charge in [0.05, 0.1) is 0 Å². The van der Waals surface area contributed by atoms with Crippen molar-refractivity contribution in [3.8, 4) is 0 Å². The Morgan fingerprint density at radius 2 is 1.89 bits per heavy atom. The van der Waals surface area contributed by atoms with Crippen molar-refractivity contribution in [2.24, 2.45) is 0 Å². The molecule has 2 rings (SSSR count). The van der Waals surface area contributed by atoms with Gasteiger partial charge in [0.15, 0.2) is 0 Å². The molecule has 1 heterocycles. The van der Waals surface area contributed by atoms with E-state index in [0.717, 1.165) is 16.8 Å². The number of amides is 1. The van der Waals surface area contributed by atoms with E-state index in [2.05, 4.69) is 10.3 Å². The minimum atomic E-state index is -0.192. The van der Waals surface area contributed by atoms with Crippen molar-refractivity contribution in [2.75, 3.05) is 11.1 Å². The van der Waals surface area contributed by atoms with Gasteiger partial charge in [-0.25, -0.2) is 4.98 Å².